The molecule has 0 atom stereocenters. The smallest absolute Gasteiger partial charge is 0.410 e. The Balaban J connectivity index is 1.96. The molecule has 0 aliphatic carbocycles. The second kappa shape index (κ2) is 6.04. The van der Waals surface area contributed by atoms with Crippen LogP contribution >= 0.6 is 11.8 Å². The molecule has 0 saturated carbocycles. The van der Waals surface area contributed by atoms with Crippen molar-refractivity contribution >= 4 is 17.9 Å². The Bertz CT molecular complexity index is 537. The third kappa shape index (κ3) is 4.10. The number of hydrogen-bond acceptors (Lipinski definition) is 4. The number of carbonyl (C=O) groups excluding carboxylic acids is 1. The van der Waals surface area contributed by atoms with Gasteiger partial charge in [0.2, 0.25) is 0 Å². The van der Waals surface area contributed by atoms with Gasteiger partial charge in [0.25, 0.3) is 5.76 Å². The van der Waals surface area contributed by atoms with Crippen molar-refractivity contribution < 1.29 is 23.4 Å². The molecule has 1 aliphatic heterocycles. The Morgan fingerprint density at radius 3 is 2.32 bits per heavy atom. The molecule has 1 fully saturated rings. The Labute approximate surface area is 132 Å². The zero-order valence-corrected chi connectivity index (χ0v) is 13.5. The van der Waals surface area contributed by atoms with E-state index in [1.165, 1.54) is 4.90 Å². The third-order valence-corrected chi connectivity index (χ3v) is 3.90. The standard InChI is InChI=1S/C15H19F2NO3S/c1-14(2,3)21-13(19)18-8-15(20,9-18)10-4-6-11(7-5-10)22-12(16)17/h4-7,12,20H,8-9H2,1-3H3. The van der Waals surface area contributed by atoms with Crippen LogP contribution in [0.5, 0.6) is 0 Å². The number of halogens is 2. The van der Waals surface area contributed by atoms with Gasteiger partial charge in [-0.25, -0.2) is 4.79 Å². The van der Waals surface area contributed by atoms with Gasteiger partial charge in [-0.05, 0) is 38.5 Å². The van der Waals surface area contributed by atoms with Crippen LogP contribution in [0.2, 0.25) is 0 Å². The predicted molar refractivity (Wildman–Crippen MR) is 80.0 cm³/mol. The highest BCUT2D eigenvalue weighted by Crippen LogP contribution is 2.34. The van der Waals surface area contributed by atoms with Crippen LogP contribution < -0.4 is 0 Å². The summed E-state index contributed by atoms with van der Waals surface area (Å²) < 4.78 is 29.7. The Kier molecular flexibility index (Phi) is 4.67. The minimum absolute atomic E-state index is 0.128. The quantitative estimate of drug-likeness (QED) is 0.862. The molecule has 4 nitrogen and oxygen atoms in total. The first-order valence-electron chi connectivity index (χ1n) is 6.85. The number of carbonyl (C=O) groups is 1. The molecule has 122 valence electrons. The van der Waals surface area contributed by atoms with Crippen molar-refractivity contribution in [3.05, 3.63) is 29.8 Å². The van der Waals surface area contributed by atoms with Crippen molar-refractivity contribution in [2.45, 2.75) is 42.6 Å². The summed E-state index contributed by atoms with van der Waals surface area (Å²) in [6.45, 7) is 5.58. The van der Waals surface area contributed by atoms with E-state index in [4.69, 9.17) is 4.74 Å². The Hall–Kier alpha value is -1.34. The number of likely N-dealkylation sites (tertiary alicyclic amines) is 1. The first-order valence-corrected chi connectivity index (χ1v) is 7.73. The molecule has 0 aromatic heterocycles. The van der Waals surface area contributed by atoms with E-state index in [0.717, 1.165) is 0 Å². The van der Waals surface area contributed by atoms with E-state index in [2.05, 4.69) is 0 Å². The largest absolute Gasteiger partial charge is 0.444 e. The molecule has 7 heteroatoms. The highest BCUT2D eigenvalue weighted by molar-refractivity contribution is 7.99. The molecule has 0 unspecified atom stereocenters. The van der Waals surface area contributed by atoms with E-state index in [-0.39, 0.29) is 13.1 Å². The number of ether oxygens (including phenoxy) is 1. The highest BCUT2D eigenvalue weighted by Gasteiger charge is 2.46. The van der Waals surface area contributed by atoms with Crippen molar-refractivity contribution in [2.24, 2.45) is 0 Å². The molecule has 1 aromatic carbocycles. The summed E-state index contributed by atoms with van der Waals surface area (Å²) in [5.74, 6) is -2.47. The third-order valence-electron chi connectivity index (χ3n) is 3.17. The van der Waals surface area contributed by atoms with Gasteiger partial charge in [0, 0.05) is 4.90 Å². The van der Waals surface area contributed by atoms with Crippen LogP contribution in [0.3, 0.4) is 0 Å². The number of amides is 1. The molecule has 1 aromatic rings. The average Bonchev–Trinajstić information content (AvgIpc) is 2.33. The number of alkyl halides is 2. The fourth-order valence-corrected chi connectivity index (χ4v) is 2.67. The van der Waals surface area contributed by atoms with Crippen LogP contribution in [0, 0.1) is 0 Å². The normalized spacial score (nSPS) is 17.3. The summed E-state index contributed by atoms with van der Waals surface area (Å²) in [7, 11) is 0. The maximum atomic E-state index is 12.3. The minimum Gasteiger partial charge on any atom is -0.444 e. The fourth-order valence-electron chi connectivity index (χ4n) is 2.17. The van der Waals surface area contributed by atoms with Gasteiger partial charge in [0.15, 0.2) is 0 Å². The number of hydrogen-bond donors (Lipinski definition) is 1. The topological polar surface area (TPSA) is 49.8 Å². The molecule has 2 rings (SSSR count). The van der Waals surface area contributed by atoms with E-state index >= 15 is 0 Å². The van der Waals surface area contributed by atoms with Gasteiger partial charge in [-0.3, -0.25) is 0 Å². The van der Waals surface area contributed by atoms with Crippen molar-refractivity contribution in [1.29, 1.82) is 0 Å². The molecule has 22 heavy (non-hydrogen) atoms. The van der Waals surface area contributed by atoms with Gasteiger partial charge in [-0.2, -0.15) is 8.78 Å². The number of aliphatic hydroxyl groups is 1. The fraction of sp³-hybridized carbons (Fsp3) is 0.533. The van der Waals surface area contributed by atoms with Gasteiger partial charge in [-0.1, -0.05) is 23.9 Å². The summed E-state index contributed by atoms with van der Waals surface area (Å²) in [6.07, 6.45) is -0.470. The van der Waals surface area contributed by atoms with Gasteiger partial charge in [0.1, 0.15) is 11.2 Å². The first kappa shape index (κ1) is 17.0. The summed E-state index contributed by atoms with van der Waals surface area (Å²) in [5.41, 5.74) is -1.13. The van der Waals surface area contributed by atoms with Gasteiger partial charge in [0.05, 0.1) is 13.1 Å². The minimum atomic E-state index is -2.47. The molecule has 1 amide bonds. The molecule has 1 N–H and O–H groups in total. The zero-order chi connectivity index (χ0) is 16.5. The van der Waals surface area contributed by atoms with E-state index in [1.54, 1.807) is 45.0 Å². The second-order valence-corrected chi connectivity index (χ2v) is 7.33. The Morgan fingerprint density at radius 1 is 1.32 bits per heavy atom. The van der Waals surface area contributed by atoms with Crippen LogP contribution in [0.4, 0.5) is 13.6 Å². The number of thioether (sulfide) groups is 1. The average molecular weight is 331 g/mol. The monoisotopic (exact) mass is 331 g/mol. The van der Waals surface area contributed by atoms with Gasteiger partial charge < -0.3 is 14.7 Å². The molecule has 1 aliphatic rings. The van der Waals surface area contributed by atoms with E-state index in [1.807, 2.05) is 0 Å². The van der Waals surface area contributed by atoms with Crippen LogP contribution in [-0.4, -0.2) is 40.5 Å². The lowest BCUT2D eigenvalue weighted by atomic mass is 9.86. The van der Waals surface area contributed by atoms with Crippen molar-refractivity contribution in [1.82, 2.24) is 4.90 Å². The van der Waals surface area contributed by atoms with Crippen molar-refractivity contribution in [3.63, 3.8) is 0 Å². The number of rotatable bonds is 3. The Morgan fingerprint density at radius 2 is 1.86 bits per heavy atom. The maximum Gasteiger partial charge on any atom is 0.410 e. The lowest BCUT2D eigenvalue weighted by molar-refractivity contribution is -0.103. The maximum absolute atomic E-state index is 12.3. The molecular formula is C15H19F2NO3S. The molecular weight excluding hydrogens is 312 g/mol. The van der Waals surface area contributed by atoms with E-state index < -0.39 is 23.1 Å². The predicted octanol–water partition coefficient (Wildman–Crippen LogP) is 3.44. The highest BCUT2D eigenvalue weighted by atomic mass is 32.2. The molecule has 1 heterocycles. The lowest BCUT2D eigenvalue weighted by Gasteiger charge is -2.46. The summed E-state index contributed by atoms with van der Waals surface area (Å²) in [6, 6.07) is 6.30. The van der Waals surface area contributed by atoms with E-state index in [0.29, 0.717) is 22.2 Å². The van der Waals surface area contributed by atoms with Gasteiger partial charge >= 0.3 is 6.09 Å². The SMILES string of the molecule is CC(C)(C)OC(=O)N1CC(O)(c2ccc(SC(F)F)cc2)C1. The number of nitrogens with zero attached hydrogens (tertiary/aromatic N) is 1. The summed E-state index contributed by atoms with van der Waals surface area (Å²) in [5, 5.41) is 10.5. The van der Waals surface area contributed by atoms with Crippen LogP contribution in [0.1, 0.15) is 26.3 Å². The van der Waals surface area contributed by atoms with Crippen molar-refractivity contribution in [3.8, 4) is 0 Å². The lowest BCUT2D eigenvalue weighted by Crippen LogP contribution is -2.61. The summed E-state index contributed by atoms with van der Waals surface area (Å²) in [4.78, 5) is 13.7. The molecule has 0 radical (unpaired) electrons. The zero-order valence-electron chi connectivity index (χ0n) is 12.7. The van der Waals surface area contributed by atoms with Crippen LogP contribution in [-0.2, 0) is 10.3 Å². The van der Waals surface area contributed by atoms with E-state index in [9.17, 15) is 18.7 Å². The van der Waals surface area contributed by atoms with Crippen LogP contribution in [0.15, 0.2) is 29.2 Å². The van der Waals surface area contributed by atoms with Crippen molar-refractivity contribution in [2.75, 3.05) is 13.1 Å². The number of benzene rings is 1. The second-order valence-electron chi connectivity index (χ2n) is 6.27. The molecule has 0 bridgehead atoms. The van der Waals surface area contributed by atoms with Crippen LogP contribution in [0.25, 0.3) is 0 Å². The number of β-amino-alcohol motifs (C(OH)–C–C–N with tert-alkyl or cyclic N) is 1. The first-order chi connectivity index (χ1) is 10.1. The molecule has 0 spiro atoms. The molecule has 1 saturated heterocycles. The van der Waals surface area contributed by atoms with Gasteiger partial charge in [-0.15, -0.1) is 0 Å². The summed E-state index contributed by atoms with van der Waals surface area (Å²) >= 11 is 0.456.